The van der Waals surface area contributed by atoms with E-state index in [9.17, 15) is 14.4 Å². The van der Waals surface area contributed by atoms with Crippen LogP contribution in [0.5, 0.6) is 0 Å². The summed E-state index contributed by atoms with van der Waals surface area (Å²) in [6, 6.07) is 7.19. The second-order valence-corrected chi connectivity index (χ2v) is 7.97. The number of amides is 1. The van der Waals surface area contributed by atoms with Crippen LogP contribution >= 0.6 is 23.4 Å². The van der Waals surface area contributed by atoms with Crippen molar-refractivity contribution in [2.45, 2.75) is 19.3 Å². The monoisotopic (exact) mass is 464 g/mol. The number of halogens is 1. The van der Waals surface area contributed by atoms with Gasteiger partial charge >= 0.3 is 11.9 Å². The zero-order chi connectivity index (χ0) is 22.2. The number of carbonyl (C=O) groups is 3. The Bertz CT molecular complexity index is 973. The van der Waals surface area contributed by atoms with Crippen molar-refractivity contribution in [3.05, 3.63) is 52.5 Å². The zero-order valence-corrected chi connectivity index (χ0v) is 18.4. The molecule has 0 saturated carbocycles. The minimum Gasteiger partial charge on any atom is -0.466 e. The summed E-state index contributed by atoms with van der Waals surface area (Å²) in [6.45, 7) is 0.520. The number of thioether (sulfide) groups is 1. The minimum atomic E-state index is -0.514. The number of ether oxygens (including phenoxy) is 2. The van der Waals surface area contributed by atoms with E-state index in [-0.39, 0.29) is 30.7 Å². The number of carbonyl (C=O) groups excluding carboxylic acids is 3. The maximum absolute atomic E-state index is 12.0. The smallest absolute Gasteiger partial charge is 0.333 e. The van der Waals surface area contributed by atoms with Gasteiger partial charge < -0.3 is 18.8 Å². The molecule has 1 aromatic heterocycles. The number of nitrogens with zero attached hydrogens (tertiary/aromatic N) is 2. The lowest BCUT2D eigenvalue weighted by Gasteiger charge is -2.16. The number of oxazole rings is 1. The summed E-state index contributed by atoms with van der Waals surface area (Å²) in [5.41, 5.74) is 0.848. The highest BCUT2D eigenvalue weighted by atomic mass is 35.5. The number of aryl methyl sites for hydroxylation is 1. The highest BCUT2D eigenvalue weighted by molar-refractivity contribution is 8.04. The predicted molar refractivity (Wildman–Crippen MR) is 115 cm³/mol. The fourth-order valence-electron chi connectivity index (χ4n) is 2.79. The molecule has 8 nitrogen and oxygen atoms in total. The van der Waals surface area contributed by atoms with Gasteiger partial charge in [-0.25, -0.2) is 9.78 Å². The van der Waals surface area contributed by atoms with Crippen LogP contribution in [-0.4, -0.2) is 53.7 Å². The largest absolute Gasteiger partial charge is 0.466 e. The Morgan fingerprint density at radius 2 is 2.10 bits per heavy atom. The lowest BCUT2D eigenvalue weighted by Crippen LogP contribution is -2.27. The molecule has 1 aliphatic rings. The van der Waals surface area contributed by atoms with Crippen molar-refractivity contribution in [1.29, 1.82) is 0 Å². The van der Waals surface area contributed by atoms with Crippen molar-refractivity contribution in [3.63, 3.8) is 0 Å². The second kappa shape index (κ2) is 11.0. The Hall–Kier alpha value is -2.78. The SMILES string of the molecule is COC(=O)/C=C1/SCC(=O)N1CCCOC(=O)CCc1ncc(-c2ccc(Cl)cc2)o1. The van der Waals surface area contributed by atoms with Crippen LogP contribution in [0.15, 0.2) is 46.0 Å². The van der Waals surface area contributed by atoms with Crippen LogP contribution in [0.25, 0.3) is 11.3 Å². The molecule has 1 amide bonds. The van der Waals surface area contributed by atoms with E-state index >= 15 is 0 Å². The highest BCUT2D eigenvalue weighted by Crippen LogP contribution is 2.29. The van der Waals surface area contributed by atoms with Crippen LogP contribution in [0.2, 0.25) is 5.02 Å². The van der Waals surface area contributed by atoms with E-state index < -0.39 is 5.97 Å². The molecule has 0 N–H and O–H groups in total. The molecule has 0 bridgehead atoms. The van der Waals surface area contributed by atoms with Crippen LogP contribution in [0.3, 0.4) is 0 Å². The van der Waals surface area contributed by atoms with Crippen LogP contribution < -0.4 is 0 Å². The van der Waals surface area contributed by atoms with Gasteiger partial charge in [0.15, 0.2) is 11.7 Å². The van der Waals surface area contributed by atoms with E-state index in [4.69, 9.17) is 20.8 Å². The maximum atomic E-state index is 12.0. The lowest BCUT2D eigenvalue weighted by molar-refractivity contribution is -0.143. The number of hydrogen-bond acceptors (Lipinski definition) is 8. The maximum Gasteiger partial charge on any atom is 0.333 e. The number of methoxy groups -OCH3 is 1. The number of aromatic nitrogens is 1. The highest BCUT2D eigenvalue weighted by Gasteiger charge is 2.27. The van der Waals surface area contributed by atoms with E-state index in [1.54, 1.807) is 18.3 Å². The lowest BCUT2D eigenvalue weighted by atomic mass is 10.2. The van der Waals surface area contributed by atoms with Crippen LogP contribution in [0.4, 0.5) is 0 Å². The molecule has 2 heterocycles. The summed E-state index contributed by atoms with van der Waals surface area (Å²) in [6.07, 6.45) is 3.80. The van der Waals surface area contributed by atoms with E-state index in [0.29, 0.717) is 41.1 Å². The third-order valence-electron chi connectivity index (χ3n) is 4.37. The second-order valence-electron chi connectivity index (χ2n) is 6.54. The van der Waals surface area contributed by atoms with Gasteiger partial charge in [-0.2, -0.15) is 0 Å². The van der Waals surface area contributed by atoms with Crippen LogP contribution in [0.1, 0.15) is 18.7 Å². The molecule has 0 atom stereocenters. The van der Waals surface area contributed by atoms with Crippen molar-refractivity contribution in [2.75, 3.05) is 26.0 Å². The van der Waals surface area contributed by atoms with Crippen molar-refractivity contribution in [1.82, 2.24) is 9.88 Å². The van der Waals surface area contributed by atoms with E-state index in [1.807, 2.05) is 12.1 Å². The molecule has 1 fully saturated rings. The summed E-state index contributed by atoms with van der Waals surface area (Å²) in [4.78, 5) is 41.0. The molecule has 1 saturated heterocycles. The number of benzene rings is 1. The summed E-state index contributed by atoms with van der Waals surface area (Å²) >= 11 is 7.16. The van der Waals surface area contributed by atoms with Gasteiger partial charge in [-0.1, -0.05) is 23.4 Å². The first-order valence-corrected chi connectivity index (χ1v) is 10.9. The molecule has 0 unspecified atom stereocenters. The molecule has 3 rings (SSSR count). The van der Waals surface area contributed by atoms with Gasteiger partial charge in [0.2, 0.25) is 5.91 Å². The molecule has 0 spiro atoms. The third-order valence-corrected chi connectivity index (χ3v) is 5.64. The van der Waals surface area contributed by atoms with Gasteiger partial charge in [-0.15, -0.1) is 0 Å². The minimum absolute atomic E-state index is 0.0909. The number of rotatable bonds is 9. The van der Waals surface area contributed by atoms with Gasteiger partial charge in [0.05, 0.1) is 43.2 Å². The molecule has 31 heavy (non-hydrogen) atoms. The molecule has 1 aliphatic heterocycles. The van der Waals surface area contributed by atoms with E-state index in [2.05, 4.69) is 9.72 Å². The van der Waals surface area contributed by atoms with Gasteiger partial charge in [0.1, 0.15) is 0 Å². The normalized spacial score (nSPS) is 14.8. The number of hydrogen-bond donors (Lipinski definition) is 0. The van der Waals surface area contributed by atoms with Crippen LogP contribution in [-0.2, 0) is 30.3 Å². The average Bonchev–Trinajstić information content (AvgIpc) is 3.37. The number of esters is 2. The molecular weight excluding hydrogens is 444 g/mol. The van der Waals surface area contributed by atoms with Crippen molar-refractivity contribution >= 4 is 41.2 Å². The van der Waals surface area contributed by atoms with Crippen molar-refractivity contribution in [3.8, 4) is 11.3 Å². The standard InChI is InChI=1S/C21H21ClN2O6S/c1-28-21(27)11-19-24(18(25)13-31-19)9-2-10-29-20(26)8-7-17-23-12-16(30-17)14-3-5-15(22)6-4-14/h3-6,11-12H,2,7-10,13H2,1H3/b19-11+. The van der Waals surface area contributed by atoms with Crippen molar-refractivity contribution in [2.24, 2.45) is 0 Å². The predicted octanol–water partition coefficient (Wildman–Crippen LogP) is 3.45. The quantitative estimate of drug-likeness (QED) is 0.316. The molecule has 1 aromatic carbocycles. The van der Waals surface area contributed by atoms with Crippen molar-refractivity contribution < 1.29 is 28.3 Å². The molecule has 164 valence electrons. The molecular formula is C21H21ClN2O6S. The zero-order valence-electron chi connectivity index (χ0n) is 16.8. The summed E-state index contributed by atoms with van der Waals surface area (Å²) in [7, 11) is 1.28. The Morgan fingerprint density at radius 3 is 2.84 bits per heavy atom. The first-order chi connectivity index (χ1) is 15.0. The van der Waals surface area contributed by atoms with Gasteiger partial charge in [-0.3, -0.25) is 9.59 Å². The van der Waals surface area contributed by atoms with Gasteiger partial charge in [-0.05, 0) is 30.7 Å². The summed E-state index contributed by atoms with van der Waals surface area (Å²) in [5, 5.41) is 1.18. The van der Waals surface area contributed by atoms with Gasteiger partial charge in [0, 0.05) is 23.6 Å². The fourth-order valence-corrected chi connectivity index (χ4v) is 3.87. The molecule has 0 aliphatic carbocycles. The Balaban J connectivity index is 1.39. The summed E-state index contributed by atoms with van der Waals surface area (Å²) in [5.74, 6) is 0.338. The molecule has 10 heteroatoms. The summed E-state index contributed by atoms with van der Waals surface area (Å²) < 4.78 is 15.5. The topological polar surface area (TPSA) is 98.9 Å². The molecule has 2 aromatic rings. The first kappa shape index (κ1) is 22.9. The third kappa shape index (κ3) is 6.60. The van der Waals surface area contributed by atoms with E-state index in [1.165, 1.54) is 29.8 Å². The van der Waals surface area contributed by atoms with Crippen LogP contribution in [0, 0.1) is 0 Å². The molecule has 0 radical (unpaired) electrons. The Labute approximate surface area is 188 Å². The van der Waals surface area contributed by atoms with Gasteiger partial charge in [0.25, 0.3) is 0 Å². The average molecular weight is 465 g/mol. The first-order valence-electron chi connectivity index (χ1n) is 9.55. The fraction of sp³-hybridized carbons (Fsp3) is 0.333. The Morgan fingerprint density at radius 1 is 1.32 bits per heavy atom. The van der Waals surface area contributed by atoms with E-state index in [0.717, 1.165) is 5.56 Å². The Kier molecular flexibility index (Phi) is 8.13.